The van der Waals surface area contributed by atoms with Crippen molar-refractivity contribution in [2.24, 2.45) is 5.73 Å². The smallest absolute Gasteiger partial charge is 0.305 e. The summed E-state index contributed by atoms with van der Waals surface area (Å²) in [5.41, 5.74) is 7.53. The Labute approximate surface area is 175 Å². The number of nitrogens with two attached hydrogens (primary N) is 1. The van der Waals surface area contributed by atoms with Gasteiger partial charge in [-0.15, -0.1) is 0 Å². The number of ether oxygens (including phenoxy) is 1. The van der Waals surface area contributed by atoms with Gasteiger partial charge in [-0.05, 0) is 49.2 Å². The van der Waals surface area contributed by atoms with Crippen molar-refractivity contribution in [2.75, 3.05) is 24.6 Å². The molecule has 0 unspecified atom stereocenters. The van der Waals surface area contributed by atoms with E-state index < -0.39 is 12.0 Å². The molecule has 8 heteroatoms. The summed E-state index contributed by atoms with van der Waals surface area (Å²) in [5.74, 6) is -1.03. The van der Waals surface area contributed by atoms with Crippen molar-refractivity contribution in [3.8, 4) is 5.75 Å². The average Bonchev–Trinajstić information content (AvgIpc) is 3.27. The molecule has 0 bridgehead atoms. The number of hydrogen-bond acceptors (Lipinski definition) is 5. The number of aliphatic carboxylic acids is 1. The van der Waals surface area contributed by atoms with E-state index in [0.29, 0.717) is 16.9 Å². The fourth-order valence-corrected chi connectivity index (χ4v) is 3.38. The molecule has 0 radical (unpaired) electrons. The van der Waals surface area contributed by atoms with Crippen molar-refractivity contribution < 1.29 is 19.4 Å². The van der Waals surface area contributed by atoms with E-state index in [0.717, 1.165) is 18.8 Å². The summed E-state index contributed by atoms with van der Waals surface area (Å²) in [4.78, 5) is 26.1. The molecule has 0 saturated carbocycles. The summed E-state index contributed by atoms with van der Waals surface area (Å²) >= 11 is 0. The number of nitrogen functional groups attached to an aromatic ring is 1. The summed E-state index contributed by atoms with van der Waals surface area (Å²) < 4.78 is 5.65. The van der Waals surface area contributed by atoms with E-state index in [1.54, 1.807) is 36.4 Å². The molecule has 2 aromatic rings. The Balaban J connectivity index is 1.62. The fourth-order valence-electron chi connectivity index (χ4n) is 3.38. The van der Waals surface area contributed by atoms with Gasteiger partial charge in [0.2, 0.25) is 0 Å². The maximum atomic E-state index is 12.6. The lowest BCUT2D eigenvalue weighted by molar-refractivity contribution is -0.137. The van der Waals surface area contributed by atoms with Crippen LogP contribution in [0.15, 0.2) is 48.5 Å². The number of amidine groups is 1. The van der Waals surface area contributed by atoms with E-state index in [1.165, 1.54) is 12.8 Å². The van der Waals surface area contributed by atoms with Gasteiger partial charge in [-0.3, -0.25) is 15.0 Å². The number of rotatable bonds is 9. The summed E-state index contributed by atoms with van der Waals surface area (Å²) in [7, 11) is 0. The number of carboxylic acid groups (broad SMARTS) is 1. The lowest BCUT2D eigenvalue weighted by Crippen LogP contribution is -2.40. The number of carbonyl (C=O) groups excluding carboxylic acids is 1. The van der Waals surface area contributed by atoms with Crippen LogP contribution in [0, 0.1) is 5.41 Å². The van der Waals surface area contributed by atoms with Crippen molar-refractivity contribution in [1.29, 1.82) is 5.41 Å². The molecule has 1 heterocycles. The highest BCUT2D eigenvalue weighted by molar-refractivity contribution is 5.95. The lowest BCUT2D eigenvalue weighted by Gasteiger charge is -2.19. The summed E-state index contributed by atoms with van der Waals surface area (Å²) in [6.45, 7) is 2.02. The van der Waals surface area contributed by atoms with Gasteiger partial charge in [0.05, 0.1) is 12.5 Å². The number of anilines is 1. The van der Waals surface area contributed by atoms with Crippen molar-refractivity contribution >= 4 is 23.4 Å². The van der Waals surface area contributed by atoms with Gasteiger partial charge in [0.15, 0.2) is 0 Å². The number of amides is 1. The zero-order valence-electron chi connectivity index (χ0n) is 16.6. The van der Waals surface area contributed by atoms with Gasteiger partial charge in [-0.2, -0.15) is 0 Å². The fraction of sp³-hybridized carbons (Fsp3) is 0.318. The van der Waals surface area contributed by atoms with Gasteiger partial charge in [0.1, 0.15) is 18.2 Å². The van der Waals surface area contributed by atoms with Gasteiger partial charge >= 0.3 is 5.97 Å². The first-order valence-corrected chi connectivity index (χ1v) is 9.87. The predicted octanol–water partition coefficient (Wildman–Crippen LogP) is 2.22. The molecule has 158 valence electrons. The van der Waals surface area contributed by atoms with Gasteiger partial charge < -0.3 is 25.8 Å². The Kier molecular flexibility index (Phi) is 6.90. The predicted molar refractivity (Wildman–Crippen MR) is 114 cm³/mol. The second-order valence-electron chi connectivity index (χ2n) is 7.26. The Morgan fingerprint density at radius 1 is 1.13 bits per heavy atom. The van der Waals surface area contributed by atoms with Crippen LogP contribution in [0.3, 0.4) is 0 Å². The summed E-state index contributed by atoms with van der Waals surface area (Å²) in [5, 5.41) is 19.4. The number of carboxylic acids is 1. The monoisotopic (exact) mass is 410 g/mol. The number of nitrogens with one attached hydrogen (secondary N) is 2. The molecule has 1 saturated heterocycles. The zero-order valence-corrected chi connectivity index (χ0v) is 16.6. The normalized spacial score (nSPS) is 14.2. The van der Waals surface area contributed by atoms with Crippen LogP contribution >= 0.6 is 0 Å². The van der Waals surface area contributed by atoms with E-state index in [-0.39, 0.29) is 24.8 Å². The van der Waals surface area contributed by atoms with Crippen LogP contribution in [0.5, 0.6) is 5.75 Å². The highest BCUT2D eigenvalue weighted by atomic mass is 16.5. The Hall–Kier alpha value is -3.55. The molecule has 3 rings (SSSR count). The minimum Gasteiger partial charge on any atom is -0.491 e. The molecule has 0 aliphatic carbocycles. The number of benzene rings is 2. The van der Waals surface area contributed by atoms with Crippen LogP contribution in [0.2, 0.25) is 0 Å². The second kappa shape index (κ2) is 9.78. The second-order valence-corrected chi connectivity index (χ2v) is 7.26. The van der Waals surface area contributed by atoms with Crippen LogP contribution in [-0.4, -0.2) is 48.6 Å². The molecule has 0 aromatic heterocycles. The number of nitrogens with zero attached hydrogens (tertiary/aromatic N) is 1. The minimum absolute atomic E-state index is 0.0226. The zero-order chi connectivity index (χ0) is 21.5. The van der Waals surface area contributed by atoms with Crippen molar-refractivity contribution in [3.05, 3.63) is 59.7 Å². The first-order valence-electron chi connectivity index (χ1n) is 9.87. The Morgan fingerprint density at radius 3 is 2.47 bits per heavy atom. The highest BCUT2D eigenvalue weighted by Gasteiger charge is 2.19. The molecular weight excluding hydrogens is 384 g/mol. The molecule has 1 aliphatic rings. The third-order valence-corrected chi connectivity index (χ3v) is 4.95. The molecule has 1 aliphatic heterocycles. The van der Waals surface area contributed by atoms with Gasteiger partial charge in [0, 0.05) is 29.9 Å². The maximum absolute atomic E-state index is 12.6. The van der Waals surface area contributed by atoms with Crippen LogP contribution in [0.4, 0.5) is 5.69 Å². The molecule has 1 amide bonds. The molecule has 8 nitrogen and oxygen atoms in total. The first-order chi connectivity index (χ1) is 14.4. The highest BCUT2D eigenvalue weighted by Crippen LogP contribution is 2.20. The molecule has 2 aromatic carbocycles. The third kappa shape index (κ3) is 5.73. The number of carbonyl (C=O) groups is 2. The first kappa shape index (κ1) is 21.2. The lowest BCUT2D eigenvalue weighted by atomic mass is 10.1. The average molecular weight is 410 g/mol. The third-order valence-electron chi connectivity index (χ3n) is 4.95. The largest absolute Gasteiger partial charge is 0.491 e. The van der Waals surface area contributed by atoms with Crippen molar-refractivity contribution in [1.82, 2.24) is 5.32 Å². The van der Waals surface area contributed by atoms with E-state index in [9.17, 15) is 14.7 Å². The maximum Gasteiger partial charge on any atom is 0.305 e. The minimum atomic E-state index is -1.04. The summed E-state index contributed by atoms with van der Waals surface area (Å²) in [6.07, 6.45) is 2.08. The standard InChI is InChI=1S/C22H26N4O4/c23-21(24)16-4-3-5-19(12-16)30-14-17(13-20(27)28)25-22(29)15-6-8-18(9-7-15)26-10-1-2-11-26/h3-9,12,17H,1-2,10-11,13-14H2,(H3,23,24)(H,25,29)(H,27,28)/t17-/m1/s1. The van der Waals surface area contributed by atoms with E-state index in [4.69, 9.17) is 15.9 Å². The molecule has 5 N–H and O–H groups in total. The van der Waals surface area contributed by atoms with Gasteiger partial charge in [-0.25, -0.2) is 0 Å². The molecule has 0 spiro atoms. The van der Waals surface area contributed by atoms with Crippen LogP contribution in [0.25, 0.3) is 0 Å². The van der Waals surface area contributed by atoms with Crippen molar-refractivity contribution in [3.63, 3.8) is 0 Å². The Bertz CT molecular complexity index is 908. The van der Waals surface area contributed by atoms with Crippen LogP contribution in [0.1, 0.15) is 35.2 Å². The van der Waals surface area contributed by atoms with E-state index in [2.05, 4.69) is 10.2 Å². The Morgan fingerprint density at radius 2 is 1.83 bits per heavy atom. The van der Waals surface area contributed by atoms with Crippen LogP contribution < -0.4 is 20.7 Å². The topological polar surface area (TPSA) is 129 Å². The molecule has 1 atom stereocenters. The van der Waals surface area contributed by atoms with Gasteiger partial charge in [-0.1, -0.05) is 12.1 Å². The SMILES string of the molecule is N=C(N)c1cccc(OC[C@@H](CC(=O)O)NC(=O)c2ccc(N3CCCC3)cc2)c1. The molecule has 1 fully saturated rings. The molecule has 30 heavy (non-hydrogen) atoms. The molecular formula is C22H26N4O4. The van der Waals surface area contributed by atoms with E-state index >= 15 is 0 Å². The van der Waals surface area contributed by atoms with Crippen molar-refractivity contribution in [2.45, 2.75) is 25.3 Å². The number of hydrogen-bond donors (Lipinski definition) is 4. The van der Waals surface area contributed by atoms with E-state index in [1.807, 2.05) is 12.1 Å². The van der Waals surface area contributed by atoms with Crippen LogP contribution in [-0.2, 0) is 4.79 Å². The quantitative estimate of drug-likeness (QED) is 0.371. The van der Waals surface area contributed by atoms with Gasteiger partial charge in [0.25, 0.3) is 5.91 Å². The summed E-state index contributed by atoms with van der Waals surface area (Å²) in [6, 6.07) is 13.3.